The van der Waals surface area contributed by atoms with E-state index in [1.807, 2.05) is 19.1 Å². The van der Waals surface area contributed by atoms with Crippen LogP contribution in [0.1, 0.15) is 12.0 Å². The maximum Gasteiger partial charge on any atom is 0.256 e. The van der Waals surface area contributed by atoms with Crippen molar-refractivity contribution in [3.63, 3.8) is 0 Å². The van der Waals surface area contributed by atoms with Crippen molar-refractivity contribution in [2.24, 2.45) is 0 Å². The van der Waals surface area contributed by atoms with E-state index in [1.54, 1.807) is 30.3 Å². The van der Waals surface area contributed by atoms with Crippen molar-refractivity contribution in [3.8, 4) is 0 Å². The monoisotopic (exact) mass is 348 g/mol. The molecule has 1 saturated heterocycles. The molecule has 1 N–H and O–H groups in total. The fourth-order valence-electron chi connectivity index (χ4n) is 2.50. The van der Waals surface area contributed by atoms with Gasteiger partial charge in [-0.3, -0.25) is 9.59 Å². The van der Waals surface area contributed by atoms with E-state index in [0.717, 1.165) is 5.56 Å². The van der Waals surface area contributed by atoms with Gasteiger partial charge in [-0.15, -0.1) is 0 Å². The van der Waals surface area contributed by atoms with Gasteiger partial charge in [0.15, 0.2) is 0 Å². The molecule has 1 heterocycles. The minimum Gasteiger partial charge on any atom is -0.372 e. The van der Waals surface area contributed by atoms with Crippen molar-refractivity contribution in [1.29, 1.82) is 0 Å². The Hall–Kier alpha value is -2.04. The molecule has 1 aliphatic heterocycles. The van der Waals surface area contributed by atoms with Gasteiger partial charge in [0.25, 0.3) is 5.91 Å². The van der Waals surface area contributed by atoms with Gasteiger partial charge in [0.1, 0.15) is 6.04 Å². The predicted octanol–water partition coefficient (Wildman–Crippen LogP) is 4.05. The summed E-state index contributed by atoms with van der Waals surface area (Å²) >= 11 is 12.0. The normalized spacial score (nSPS) is 17.7. The van der Waals surface area contributed by atoms with Crippen molar-refractivity contribution < 1.29 is 9.59 Å². The molecule has 118 valence electrons. The lowest BCUT2D eigenvalue weighted by molar-refractivity contribution is -0.121. The second kappa shape index (κ2) is 6.22. The van der Waals surface area contributed by atoms with Gasteiger partial charge in [-0.2, -0.15) is 0 Å². The van der Waals surface area contributed by atoms with Gasteiger partial charge < -0.3 is 5.32 Å². The number of hydrogen-bond donors (Lipinski definition) is 1. The molecule has 2 amide bonds. The van der Waals surface area contributed by atoms with E-state index in [0.29, 0.717) is 21.4 Å². The van der Waals surface area contributed by atoms with Crippen LogP contribution in [0.5, 0.6) is 0 Å². The molecular formula is C17H14Cl2N2O2. The first-order valence-corrected chi connectivity index (χ1v) is 7.86. The summed E-state index contributed by atoms with van der Waals surface area (Å²) in [5, 5.41) is 3.94. The minimum absolute atomic E-state index is 0.0890. The first kappa shape index (κ1) is 15.8. The van der Waals surface area contributed by atoms with Gasteiger partial charge in [-0.25, -0.2) is 4.90 Å². The van der Waals surface area contributed by atoms with Gasteiger partial charge in [0.05, 0.1) is 22.8 Å². The Morgan fingerprint density at radius 3 is 2.43 bits per heavy atom. The van der Waals surface area contributed by atoms with Crippen molar-refractivity contribution in [3.05, 3.63) is 58.1 Å². The molecule has 0 bridgehead atoms. The Kier molecular flexibility index (Phi) is 4.28. The van der Waals surface area contributed by atoms with E-state index >= 15 is 0 Å². The predicted molar refractivity (Wildman–Crippen MR) is 92.2 cm³/mol. The van der Waals surface area contributed by atoms with Gasteiger partial charge in [0, 0.05) is 5.02 Å². The molecule has 4 nitrogen and oxygen atoms in total. The highest BCUT2D eigenvalue weighted by Crippen LogP contribution is 2.29. The summed E-state index contributed by atoms with van der Waals surface area (Å²) in [4.78, 5) is 26.0. The molecule has 0 aromatic heterocycles. The number of imide groups is 1. The molecule has 0 saturated carbocycles. The molecule has 0 radical (unpaired) electrons. The van der Waals surface area contributed by atoms with Crippen molar-refractivity contribution in [1.82, 2.24) is 0 Å². The molecule has 1 aliphatic rings. The molecule has 1 atom stereocenters. The largest absolute Gasteiger partial charge is 0.372 e. The SMILES string of the molecule is Cc1ccc(N2C(=O)CC(Nc3ccc(Cl)cc3Cl)C2=O)cc1. The maximum absolute atomic E-state index is 12.6. The average molecular weight is 349 g/mol. The average Bonchev–Trinajstić information content (AvgIpc) is 2.78. The van der Waals surface area contributed by atoms with Crippen molar-refractivity contribution >= 4 is 46.4 Å². The number of rotatable bonds is 3. The summed E-state index contributed by atoms with van der Waals surface area (Å²) in [5.74, 6) is -0.522. The number of nitrogens with zero attached hydrogens (tertiary/aromatic N) is 1. The van der Waals surface area contributed by atoms with E-state index in [4.69, 9.17) is 23.2 Å². The number of benzene rings is 2. The van der Waals surface area contributed by atoms with Gasteiger partial charge in [-0.05, 0) is 37.3 Å². The molecule has 23 heavy (non-hydrogen) atoms. The molecule has 1 fully saturated rings. The Bertz CT molecular complexity index is 775. The second-order valence-corrected chi connectivity index (χ2v) is 6.27. The zero-order chi connectivity index (χ0) is 16.6. The van der Waals surface area contributed by atoms with Crippen LogP contribution in [-0.4, -0.2) is 17.9 Å². The molecule has 2 aromatic carbocycles. The lowest BCUT2D eigenvalue weighted by Gasteiger charge is -2.17. The molecule has 6 heteroatoms. The van der Waals surface area contributed by atoms with E-state index < -0.39 is 6.04 Å². The zero-order valence-corrected chi connectivity index (χ0v) is 13.9. The van der Waals surface area contributed by atoms with Crippen molar-refractivity contribution in [2.75, 3.05) is 10.2 Å². The lowest BCUT2D eigenvalue weighted by atomic mass is 10.2. The lowest BCUT2D eigenvalue weighted by Crippen LogP contribution is -2.34. The second-order valence-electron chi connectivity index (χ2n) is 5.43. The number of carbonyl (C=O) groups excluding carboxylic acids is 2. The Morgan fingerprint density at radius 1 is 1.09 bits per heavy atom. The summed E-state index contributed by atoms with van der Waals surface area (Å²) in [6.07, 6.45) is 0.0890. The number of amides is 2. The van der Waals surface area contributed by atoms with Crippen LogP contribution in [0.25, 0.3) is 0 Å². The summed E-state index contributed by atoms with van der Waals surface area (Å²) in [7, 11) is 0. The van der Waals surface area contributed by atoms with E-state index in [-0.39, 0.29) is 18.2 Å². The summed E-state index contributed by atoms with van der Waals surface area (Å²) in [5.41, 5.74) is 2.22. The van der Waals surface area contributed by atoms with Crippen LogP contribution in [0, 0.1) is 6.92 Å². The highest BCUT2D eigenvalue weighted by molar-refractivity contribution is 6.36. The number of carbonyl (C=O) groups is 2. The Morgan fingerprint density at radius 2 is 1.78 bits per heavy atom. The minimum atomic E-state index is -0.637. The van der Waals surface area contributed by atoms with Crippen LogP contribution in [0.2, 0.25) is 10.0 Å². The standard InChI is InChI=1S/C17H14Cl2N2O2/c1-10-2-5-12(6-3-10)21-16(22)9-15(17(21)23)20-14-7-4-11(18)8-13(14)19/h2-8,15,20H,9H2,1H3. The molecule has 0 aliphatic carbocycles. The Labute approximate surface area is 144 Å². The van der Waals surface area contributed by atoms with Crippen LogP contribution < -0.4 is 10.2 Å². The van der Waals surface area contributed by atoms with Crippen LogP contribution in [0.15, 0.2) is 42.5 Å². The first-order chi connectivity index (χ1) is 11.0. The topological polar surface area (TPSA) is 49.4 Å². The van der Waals surface area contributed by atoms with Crippen LogP contribution in [0.3, 0.4) is 0 Å². The van der Waals surface area contributed by atoms with Crippen LogP contribution >= 0.6 is 23.2 Å². The first-order valence-electron chi connectivity index (χ1n) is 7.11. The molecule has 3 rings (SSSR count). The highest BCUT2D eigenvalue weighted by Gasteiger charge is 2.39. The molecule has 0 spiro atoms. The third-order valence-electron chi connectivity index (χ3n) is 3.70. The molecular weight excluding hydrogens is 335 g/mol. The molecule has 1 unspecified atom stereocenters. The van der Waals surface area contributed by atoms with Crippen LogP contribution in [-0.2, 0) is 9.59 Å². The van der Waals surface area contributed by atoms with Crippen LogP contribution in [0.4, 0.5) is 11.4 Å². The quantitative estimate of drug-likeness (QED) is 0.851. The van der Waals surface area contributed by atoms with Gasteiger partial charge in [-0.1, -0.05) is 40.9 Å². The van der Waals surface area contributed by atoms with E-state index in [1.165, 1.54) is 4.90 Å². The number of halogens is 2. The zero-order valence-electron chi connectivity index (χ0n) is 12.3. The highest BCUT2D eigenvalue weighted by atomic mass is 35.5. The van der Waals surface area contributed by atoms with Gasteiger partial charge >= 0.3 is 0 Å². The third kappa shape index (κ3) is 3.19. The van der Waals surface area contributed by atoms with E-state index in [2.05, 4.69) is 5.32 Å². The third-order valence-corrected chi connectivity index (χ3v) is 4.25. The van der Waals surface area contributed by atoms with E-state index in [9.17, 15) is 9.59 Å². The number of hydrogen-bond acceptors (Lipinski definition) is 3. The van der Waals surface area contributed by atoms with Crippen molar-refractivity contribution in [2.45, 2.75) is 19.4 Å². The fraction of sp³-hybridized carbons (Fsp3) is 0.176. The smallest absolute Gasteiger partial charge is 0.256 e. The summed E-state index contributed by atoms with van der Waals surface area (Å²) < 4.78 is 0. The van der Waals surface area contributed by atoms with Gasteiger partial charge in [0.2, 0.25) is 5.91 Å². The Balaban J connectivity index is 1.82. The maximum atomic E-state index is 12.6. The summed E-state index contributed by atoms with van der Waals surface area (Å²) in [6, 6.07) is 11.6. The summed E-state index contributed by atoms with van der Waals surface area (Å²) in [6.45, 7) is 1.95. The number of nitrogens with one attached hydrogen (secondary N) is 1. The number of aryl methyl sites for hydroxylation is 1. The molecule has 2 aromatic rings. The fourth-order valence-corrected chi connectivity index (χ4v) is 2.97. The number of anilines is 2.